The fourth-order valence-electron chi connectivity index (χ4n) is 2.28. The number of sulfonamides is 1. The summed E-state index contributed by atoms with van der Waals surface area (Å²) in [6.45, 7) is 0.540. The molecule has 15 heteroatoms. The van der Waals surface area contributed by atoms with Crippen molar-refractivity contribution < 1.29 is 40.7 Å². The van der Waals surface area contributed by atoms with Crippen molar-refractivity contribution in [3.8, 4) is 5.75 Å². The SMILES string of the molecule is CN(C)CCCOC(=O)c1ccc(NS(=O)(=O)c2cc(Cl)c(Cl)s2)cc1OC(=O)C(F)(F)F. The van der Waals surface area contributed by atoms with Crippen LogP contribution in [0.5, 0.6) is 5.75 Å². The number of halogens is 5. The van der Waals surface area contributed by atoms with E-state index < -0.39 is 39.5 Å². The van der Waals surface area contributed by atoms with Gasteiger partial charge in [-0.3, -0.25) is 4.72 Å². The van der Waals surface area contributed by atoms with Crippen LogP contribution in [0.1, 0.15) is 16.8 Å². The second-order valence-corrected chi connectivity index (χ2v) is 10.7. The summed E-state index contributed by atoms with van der Waals surface area (Å²) in [5.74, 6) is -4.48. The highest BCUT2D eigenvalue weighted by Crippen LogP contribution is 2.35. The predicted octanol–water partition coefficient (Wildman–Crippen LogP) is 4.43. The van der Waals surface area contributed by atoms with Gasteiger partial charge in [0, 0.05) is 12.6 Å². The van der Waals surface area contributed by atoms with E-state index in [0.717, 1.165) is 24.3 Å². The monoisotopic (exact) mass is 548 g/mol. The summed E-state index contributed by atoms with van der Waals surface area (Å²) in [6.07, 6.45) is -4.91. The van der Waals surface area contributed by atoms with E-state index in [1.54, 1.807) is 14.1 Å². The number of rotatable bonds is 9. The van der Waals surface area contributed by atoms with Crippen LogP contribution in [0.3, 0.4) is 0 Å². The Hall–Kier alpha value is -2.06. The zero-order valence-corrected chi connectivity index (χ0v) is 20.2. The molecule has 0 unspecified atom stereocenters. The number of hydrogen-bond donors (Lipinski definition) is 1. The van der Waals surface area contributed by atoms with Crippen molar-refractivity contribution in [3.63, 3.8) is 0 Å². The fourth-order valence-corrected chi connectivity index (χ4v) is 5.21. The molecule has 1 aromatic heterocycles. The molecule has 0 spiro atoms. The van der Waals surface area contributed by atoms with Crippen LogP contribution in [0.25, 0.3) is 0 Å². The molecule has 0 atom stereocenters. The van der Waals surface area contributed by atoms with Gasteiger partial charge in [-0.05, 0) is 38.7 Å². The van der Waals surface area contributed by atoms with Crippen molar-refractivity contribution in [1.29, 1.82) is 0 Å². The molecule has 1 aromatic carbocycles. The molecule has 0 bridgehead atoms. The molecule has 2 aromatic rings. The van der Waals surface area contributed by atoms with Crippen molar-refractivity contribution in [3.05, 3.63) is 39.2 Å². The molecule has 182 valence electrons. The maximum absolute atomic E-state index is 12.7. The molecule has 0 fully saturated rings. The molecule has 33 heavy (non-hydrogen) atoms. The van der Waals surface area contributed by atoms with Crippen LogP contribution in [-0.2, 0) is 19.6 Å². The number of nitrogens with one attached hydrogen (secondary N) is 1. The van der Waals surface area contributed by atoms with Gasteiger partial charge in [0.2, 0.25) is 0 Å². The Morgan fingerprint density at radius 3 is 2.39 bits per heavy atom. The molecule has 0 amide bonds. The Labute approximate surface area is 201 Å². The van der Waals surface area contributed by atoms with E-state index in [-0.39, 0.29) is 25.9 Å². The van der Waals surface area contributed by atoms with Crippen molar-refractivity contribution in [1.82, 2.24) is 4.90 Å². The molecular weight excluding hydrogens is 532 g/mol. The molecule has 0 aliphatic carbocycles. The van der Waals surface area contributed by atoms with E-state index >= 15 is 0 Å². The molecule has 0 aliphatic rings. The Kier molecular flexibility index (Phi) is 8.99. The lowest BCUT2D eigenvalue weighted by molar-refractivity contribution is -0.189. The molecule has 8 nitrogen and oxygen atoms in total. The average Bonchev–Trinajstić information content (AvgIpc) is 3.03. The Morgan fingerprint density at radius 2 is 1.85 bits per heavy atom. The number of carbonyl (C=O) groups excluding carboxylic acids is 2. The van der Waals surface area contributed by atoms with Crippen molar-refractivity contribution >= 4 is 62.2 Å². The minimum absolute atomic E-state index is 0.00537. The number of ether oxygens (including phenoxy) is 2. The number of nitrogens with zero attached hydrogens (tertiary/aromatic N) is 1. The van der Waals surface area contributed by atoms with Gasteiger partial charge in [-0.2, -0.15) is 13.2 Å². The van der Waals surface area contributed by atoms with Crippen LogP contribution >= 0.6 is 34.5 Å². The predicted molar refractivity (Wildman–Crippen MR) is 117 cm³/mol. The summed E-state index contributed by atoms with van der Waals surface area (Å²) in [5, 5.41) is -0.00537. The summed E-state index contributed by atoms with van der Waals surface area (Å²) >= 11 is 12.2. The fraction of sp³-hybridized carbons (Fsp3) is 0.333. The Morgan fingerprint density at radius 1 is 1.18 bits per heavy atom. The maximum atomic E-state index is 12.7. The van der Waals surface area contributed by atoms with E-state index in [1.807, 2.05) is 4.90 Å². The van der Waals surface area contributed by atoms with Crippen LogP contribution in [-0.4, -0.2) is 58.7 Å². The van der Waals surface area contributed by atoms with Crippen LogP contribution in [0.4, 0.5) is 18.9 Å². The average molecular weight is 549 g/mol. The molecule has 0 saturated carbocycles. The zero-order chi connectivity index (χ0) is 25.0. The van der Waals surface area contributed by atoms with Gasteiger partial charge in [-0.15, -0.1) is 11.3 Å². The van der Waals surface area contributed by atoms with Crippen LogP contribution in [0, 0.1) is 0 Å². The topological polar surface area (TPSA) is 102 Å². The van der Waals surface area contributed by atoms with Crippen LogP contribution in [0.15, 0.2) is 28.5 Å². The molecule has 0 saturated heterocycles. The highest BCUT2D eigenvalue weighted by molar-refractivity contribution is 7.94. The third-order valence-corrected chi connectivity index (χ3v) is 7.48. The van der Waals surface area contributed by atoms with Gasteiger partial charge < -0.3 is 14.4 Å². The zero-order valence-electron chi connectivity index (χ0n) is 17.0. The van der Waals surface area contributed by atoms with Gasteiger partial charge in [0.05, 0.1) is 17.3 Å². The van der Waals surface area contributed by atoms with Crippen molar-refractivity contribution in [2.75, 3.05) is 32.0 Å². The third-order valence-electron chi connectivity index (χ3n) is 3.76. The van der Waals surface area contributed by atoms with Gasteiger partial charge in [-0.1, -0.05) is 23.2 Å². The summed E-state index contributed by atoms with van der Waals surface area (Å²) < 4.78 is 74.3. The molecule has 1 N–H and O–H groups in total. The second kappa shape index (κ2) is 10.9. The minimum atomic E-state index is -5.35. The lowest BCUT2D eigenvalue weighted by Gasteiger charge is -2.14. The number of benzene rings is 1. The standard InChI is InChI=1S/C18H17Cl2F3N2O6S2/c1-25(2)6-3-7-30-16(26)11-5-4-10(8-13(11)31-17(27)18(21,22)23)24-33(28,29)14-9-12(19)15(20)32-14/h4-5,8-9,24H,3,6-7H2,1-2H3. The Bertz CT molecular complexity index is 1120. The van der Waals surface area contributed by atoms with Gasteiger partial charge in [0.1, 0.15) is 19.9 Å². The number of thiophene rings is 1. The lowest BCUT2D eigenvalue weighted by Crippen LogP contribution is -2.28. The molecular formula is C18H17Cl2F3N2O6S2. The highest BCUT2D eigenvalue weighted by atomic mass is 35.5. The molecule has 0 radical (unpaired) electrons. The second-order valence-electron chi connectivity index (χ2n) is 6.68. The smallest absolute Gasteiger partial charge is 0.462 e. The summed E-state index contributed by atoms with van der Waals surface area (Å²) in [4.78, 5) is 25.5. The van der Waals surface area contributed by atoms with E-state index in [4.69, 9.17) is 27.9 Å². The first kappa shape index (κ1) is 27.2. The van der Waals surface area contributed by atoms with E-state index in [1.165, 1.54) is 0 Å². The summed E-state index contributed by atoms with van der Waals surface area (Å²) in [5.41, 5.74) is -0.785. The number of hydrogen-bond acceptors (Lipinski definition) is 8. The quantitative estimate of drug-likeness (QED) is 0.281. The third kappa shape index (κ3) is 7.74. The first-order valence-corrected chi connectivity index (χ1v) is 12.0. The first-order valence-electron chi connectivity index (χ1n) is 8.93. The highest BCUT2D eigenvalue weighted by Gasteiger charge is 2.42. The van der Waals surface area contributed by atoms with Gasteiger partial charge in [-0.25, -0.2) is 18.0 Å². The van der Waals surface area contributed by atoms with Gasteiger partial charge in [0.25, 0.3) is 10.0 Å². The van der Waals surface area contributed by atoms with E-state index in [0.29, 0.717) is 24.3 Å². The summed E-state index contributed by atoms with van der Waals surface area (Å²) in [6, 6.07) is 3.91. The lowest BCUT2D eigenvalue weighted by atomic mass is 10.2. The van der Waals surface area contributed by atoms with Crippen molar-refractivity contribution in [2.24, 2.45) is 0 Å². The number of alkyl halides is 3. The minimum Gasteiger partial charge on any atom is -0.462 e. The Balaban J connectivity index is 2.31. The van der Waals surface area contributed by atoms with Gasteiger partial charge in [0.15, 0.2) is 0 Å². The normalized spacial score (nSPS) is 12.0. The van der Waals surface area contributed by atoms with E-state index in [2.05, 4.69) is 9.46 Å². The molecule has 1 heterocycles. The van der Waals surface area contributed by atoms with Gasteiger partial charge >= 0.3 is 18.1 Å². The number of carbonyl (C=O) groups is 2. The summed E-state index contributed by atoms with van der Waals surface area (Å²) in [7, 11) is -0.631. The largest absolute Gasteiger partial charge is 0.491 e. The maximum Gasteiger partial charge on any atom is 0.491 e. The van der Waals surface area contributed by atoms with E-state index in [9.17, 15) is 31.2 Å². The number of esters is 2. The van der Waals surface area contributed by atoms with Crippen LogP contribution < -0.4 is 9.46 Å². The first-order chi connectivity index (χ1) is 15.2. The molecule has 0 aliphatic heterocycles. The van der Waals surface area contributed by atoms with Crippen LogP contribution in [0.2, 0.25) is 9.36 Å². The number of anilines is 1. The molecule has 2 rings (SSSR count). The van der Waals surface area contributed by atoms with Crippen molar-refractivity contribution in [2.45, 2.75) is 16.8 Å².